The van der Waals surface area contributed by atoms with Gasteiger partial charge in [0.25, 0.3) is 0 Å². The predicted molar refractivity (Wildman–Crippen MR) is 95.4 cm³/mol. The first kappa shape index (κ1) is 18.1. The molecule has 3 rings (SSSR count). The van der Waals surface area contributed by atoms with Crippen molar-refractivity contribution in [2.45, 2.75) is 11.8 Å². The normalized spacial score (nSPS) is 15.5. The Hall–Kier alpha value is -2.70. The monoisotopic (exact) mass is 373 g/mol. The maximum absolute atomic E-state index is 12.9. The van der Waals surface area contributed by atoms with Crippen LogP contribution in [0.5, 0.6) is 5.88 Å². The minimum Gasteiger partial charge on any atom is -0.481 e. The second-order valence-electron chi connectivity index (χ2n) is 5.81. The van der Waals surface area contributed by atoms with Gasteiger partial charge in [-0.3, -0.25) is 0 Å². The molecule has 0 aliphatic carbocycles. The maximum atomic E-state index is 12.9. The number of aromatic nitrogens is 2. The van der Waals surface area contributed by atoms with E-state index in [0.717, 1.165) is 0 Å². The van der Waals surface area contributed by atoms with Gasteiger partial charge in [0.15, 0.2) is 0 Å². The number of aryl methyl sites for hydroxylation is 1. The zero-order valence-corrected chi connectivity index (χ0v) is 15.4. The average Bonchev–Trinajstić information content (AvgIpc) is 2.67. The number of nitriles is 1. The van der Waals surface area contributed by atoms with E-state index >= 15 is 0 Å². The zero-order chi connectivity index (χ0) is 18.7. The summed E-state index contributed by atoms with van der Waals surface area (Å²) in [6.07, 6.45) is 0. The number of ether oxygens (including phenoxy) is 1. The Morgan fingerprint density at radius 1 is 1.15 bits per heavy atom. The van der Waals surface area contributed by atoms with Gasteiger partial charge >= 0.3 is 0 Å². The highest BCUT2D eigenvalue weighted by Crippen LogP contribution is 2.23. The average molecular weight is 373 g/mol. The van der Waals surface area contributed by atoms with E-state index in [1.165, 1.54) is 16.4 Å². The fourth-order valence-corrected chi connectivity index (χ4v) is 4.44. The highest BCUT2D eigenvalue weighted by Gasteiger charge is 2.30. The summed E-state index contributed by atoms with van der Waals surface area (Å²) in [7, 11) is -2.16. The quantitative estimate of drug-likeness (QED) is 0.793. The third kappa shape index (κ3) is 3.47. The maximum Gasteiger partial charge on any atom is 0.244 e. The highest BCUT2D eigenvalue weighted by molar-refractivity contribution is 7.89. The van der Waals surface area contributed by atoms with Crippen molar-refractivity contribution in [1.82, 2.24) is 14.3 Å². The number of hydrogen-bond acceptors (Lipinski definition) is 7. The summed E-state index contributed by atoms with van der Waals surface area (Å²) in [4.78, 5) is 10.6. The summed E-state index contributed by atoms with van der Waals surface area (Å²) in [5.41, 5.74) is 0.158. The third-order valence-electron chi connectivity index (χ3n) is 4.20. The molecule has 1 saturated heterocycles. The molecule has 0 bridgehead atoms. The number of anilines is 1. The molecule has 0 radical (unpaired) electrons. The van der Waals surface area contributed by atoms with Crippen LogP contribution in [0.1, 0.15) is 11.4 Å². The molecule has 0 saturated carbocycles. The number of methoxy groups -OCH3 is 1. The molecule has 0 unspecified atom stereocenters. The lowest BCUT2D eigenvalue weighted by atomic mass is 10.2. The standard InChI is InChI=1S/C17H19N5O3S/c1-13-19-16(11-17(20-13)25-2)21-7-9-22(10-8-21)26(23,24)15-6-4-3-5-14(15)12-18/h3-6,11H,7-10H2,1-2H3. The molecule has 0 N–H and O–H groups in total. The van der Waals surface area contributed by atoms with E-state index < -0.39 is 10.0 Å². The summed E-state index contributed by atoms with van der Waals surface area (Å²) < 4.78 is 32.3. The van der Waals surface area contributed by atoms with Crippen molar-refractivity contribution in [1.29, 1.82) is 5.26 Å². The van der Waals surface area contributed by atoms with Gasteiger partial charge in [0.1, 0.15) is 17.7 Å². The van der Waals surface area contributed by atoms with E-state index in [-0.39, 0.29) is 10.5 Å². The molecule has 8 nitrogen and oxygen atoms in total. The molecule has 1 fully saturated rings. The summed E-state index contributed by atoms with van der Waals surface area (Å²) in [5.74, 6) is 1.78. The summed E-state index contributed by atoms with van der Waals surface area (Å²) in [5, 5.41) is 9.18. The first-order chi connectivity index (χ1) is 12.5. The molecule has 2 aromatic rings. The predicted octanol–water partition coefficient (Wildman–Crippen LogP) is 1.18. The van der Waals surface area contributed by atoms with Crippen LogP contribution < -0.4 is 9.64 Å². The van der Waals surface area contributed by atoms with Crippen molar-refractivity contribution in [3.63, 3.8) is 0 Å². The van der Waals surface area contributed by atoms with Crippen LogP contribution in [-0.2, 0) is 10.0 Å². The Morgan fingerprint density at radius 3 is 2.50 bits per heavy atom. The van der Waals surface area contributed by atoms with Gasteiger partial charge in [0.05, 0.1) is 17.6 Å². The molecule has 9 heteroatoms. The third-order valence-corrected chi connectivity index (χ3v) is 6.15. The largest absolute Gasteiger partial charge is 0.481 e. The van der Waals surface area contributed by atoms with Crippen LogP contribution in [-0.4, -0.2) is 56.0 Å². The Labute approximate surface area is 152 Å². The van der Waals surface area contributed by atoms with Crippen molar-refractivity contribution in [2.75, 3.05) is 38.2 Å². The van der Waals surface area contributed by atoms with Crippen molar-refractivity contribution in [2.24, 2.45) is 0 Å². The zero-order valence-electron chi connectivity index (χ0n) is 14.6. The van der Waals surface area contributed by atoms with Gasteiger partial charge in [-0.05, 0) is 19.1 Å². The van der Waals surface area contributed by atoms with Crippen molar-refractivity contribution >= 4 is 15.8 Å². The van der Waals surface area contributed by atoms with Crippen LogP contribution in [0.15, 0.2) is 35.2 Å². The SMILES string of the molecule is COc1cc(N2CCN(S(=O)(=O)c3ccccc3C#N)CC2)nc(C)n1. The number of rotatable bonds is 4. The minimum atomic E-state index is -3.70. The topological polar surface area (TPSA) is 99.4 Å². The molecular weight excluding hydrogens is 354 g/mol. The van der Waals surface area contributed by atoms with Gasteiger partial charge in [0, 0.05) is 32.2 Å². The Balaban J connectivity index is 1.78. The Bertz CT molecular complexity index is 947. The number of hydrogen-bond donors (Lipinski definition) is 0. The fraction of sp³-hybridized carbons (Fsp3) is 0.353. The van der Waals surface area contributed by atoms with Crippen LogP contribution >= 0.6 is 0 Å². The van der Waals surface area contributed by atoms with E-state index in [2.05, 4.69) is 9.97 Å². The first-order valence-electron chi connectivity index (χ1n) is 8.09. The van der Waals surface area contributed by atoms with Gasteiger partial charge in [0.2, 0.25) is 15.9 Å². The minimum absolute atomic E-state index is 0.0514. The van der Waals surface area contributed by atoms with Gasteiger partial charge in [-0.15, -0.1) is 0 Å². The number of sulfonamides is 1. The van der Waals surface area contributed by atoms with Gasteiger partial charge < -0.3 is 9.64 Å². The number of nitrogens with zero attached hydrogens (tertiary/aromatic N) is 5. The summed E-state index contributed by atoms with van der Waals surface area (Å²) >= 11 is 0. The number of piperazine rings is 1. The van der Waals surface area contributed by atoms with Crippen LogP contribution in [0.3, 0.4) is 0 Å². The van der Waals surface area contributed by atoms with Crippen LogP contribution in [0, 0.1) is 18.3 Å². The smallest absolute Gasteiger partial charge is 0.244 e. The first-order valence-corrected chi connectivity index (χ1v) is 9.53. The molecule has 0 atom stereocenters. The van der Waals surface area contributed by atoms with Crippen LogP contribution in [0.4, 0.5) is 5.82 Å². The van der Waals surface area contributed by atoms with Gasteiger partial charge in [-0.25, -0.2) is 13.4 Å². The molecule has 2 heterocycles. The lowest BCUT2D eigenvalue weighted by Gasteiger charge is -2.34. The fourth-order valence-electron chi connectivity index (χ4n) is 2.87. The molecule has 136 valence electrons. The molecular formula is C17H19N5O3S. The van der Waals surface area contributed by atoms with Crippen molar-refractivity contribution in [3.8, 4) is 11.9 Å². The number of benzene rings is 1. The Kier molecular flexibility index (Phi) is 5.06. The van der Waals surface area contributed by atoms with E-state index in [4.69, 9.17) is 4.74 Å². The van der Waals surface area contributed by atoms with E-state index in [0.29, 0.717) is 43.7 Å². The second kappa shape index (κ2) is 7.27. The molecule has 1 aliphatic rings. The highest BCUT2D eigenvalue weighted by atomic mass is 32.2. The molecule has 0 spiro atoms. The summed E-state index contributed by atoms with van der Waals surface area (Å²) in [6.45, 7) is 3.40. The lowest BCUT2D eigenvalue weighted by molar-refractivity contribution is 0.380. The summed E-state index contributed by atoms with van der Waals surface area (Å²) in [6, 6.07) is 9.95. The van der Waals surface area contributed by atoms with Crippen LogP contribution in [0.25, 0.3) is 0 Å². The molecule has 0 amide bonds. The lowest BCUT2D eigenvalue weighted by Crippen LogP contribution is -2.49. The van der Waals surface area contributed by atoms with E-state index in [1.807, 2.05) is 11.0 Å². The van der Waals surface area contributed by atoms with Crippen LogP contribution in [0.2, 0.25) is 0 Å². The van der Waals surface area contributed by atoms with E-state index in [1.54, 1.807) is 32.2 Å². The van der Waals surface area contributed by atoms with Gasteiger partial charge in [-0.2, -0.15) is 14.6 Å². The molecule has 1 aromatic heterocycles. The Morgan fingerprint density at radius 2 is 1.85 bits per heavy atom. The molecule has 1 aliphatic heterocycles. The van der Waals surface area contributed by atoms with Crippen molar-refractivity contribution < 1.29 is 13.2 Å². The van der Waals surface area contributed by atoms with Gasteiger partial charge in [-0.1, -0.05) is 12.1 Å². The molecule has 26 heavy (non-hydrogen) atoms. The second-order valence-corrected chi connectivity index (χ2v) is 7.72. The molecule has 1 aromatic carbocycles. The van der Waals surface area contributed by atoms with E-state index in [9.17, 15) is 13.7 Å². The van der Waals surface area contributed by atoms with Crippen molar-refractivity contribution in [3.05, 3.63) is 41.7 Å².